The Labute approximate surface area is 107 Å². The van der Waals surface area contributed by atoms with Crippen molar-refractivity contribution in [1.29, 1.82) is 0 Å². The van der Waals surface area contributed by atoms with Crippen molar-refractivity contribution >= 4 is 11.9 Å². The van der Waals surface area contributed by atoms with Crippen LogP contribution in [0.25, 0.3) is 0 Å². The monoisotopic (exact) mass is 249 g/mol. The minimum absolute atomic E-state index is 0.0625. The van der Waals surface area contributed by atoms with Crippen LogP contribution >= 0.6 is 0 Å². The van der Waals surface area contributed by atoms with Crippen LogP contribution in [0.1, 0.15) is 34.8 Å². The van der Waals surface area contributed by atoms with E-state index in [0.29, 0.717) is 12.1 Å². The number of benzene rings is 1. The molecule has 4 nitrogen and oxygen atoms in total. The van der Waals surface area contributed by atoms with Crippen LogP contribution in [0.5, 0.6) is 0 Å². The molecule has 0 aliphatic heterocycles. The predicted molar refractivity (Wildman–Crippen MR) is 69.7 cm³/mol. The molecule has 1 aromatic carbocycles. The lowest BCUT2D eigenvalue weighted by Crippen LogP contribution is -2.30. The van der Waals surface area contributed by atoms with Gasteiger partial charge in [-0.2, -0.15) is 0 Å². The topological polar surface area (TPSA) is 66.4 Å². The van der Waals surface area contributed by atoms with Crippen LogP contribution < -0.4 is 5.32 Å². The van der Waals surface area contributed by atoms with Gasteiger partial charge in [-0.15, -0.1) is 0 Å². The largest absolute Gasteiger partial charge is 0.481 e. The van der Waals surface area contributed by atoms with Crippen molar-refractivity contribution in [3.8, 4) is 0 Å². The van der Waals surface area contributed by atoms with E-state index in [0.717, 1.165) is 11.1 Å². The van der Waals surface area contributed by atoms with Gasteiger partial charge in [0.1, 0.15) is 0 Å². The number of nitrogens with one attached hydrogen (secondary N) is 1. The van der Waals surface area contributed by atoms with E-state index in [-0.39, 0.29) is 18.2 Å². The number of amides is 1. The molecule has 0 fully saturated rings. The summed E-state index contributed by atoms with van der Waals surface area (Å²) < 4.78 is 0. The summed E-state index contributed by atoms with van der Waals surface area (Å²) in [5.74, 6) is -1.05. The van der Waals surface area contributed by atoms with Crippen molar-refractivity contribution in [2.24, 2.45) is 5.92 Å². The fourth-order valence-corrected chi connectivity index (χ4v) is 1.90. The number of carbonyl (C=O) groups is 2. The molecule has 1 amide bonds. The van der Waals surface area contributed by atoms with Crippen molar-refractivity contribution in [1.82, 2.24) is 5.32 Å². The number of hydrogen-bond donors (Lipinski definition) is 2. The van der Waals surface area contributed by atoms with E-state index < -0.39 is 5.97 Å². The Balaban J connectivity index is 2.63. The Hall–Kier alpha value is -1.84. The summed E-state index contributed by atoms with van der Waals surface area (Å²) in [6, 6.07) is 5.69. The first-order chi connectivity index (χ1) is 8.41. The molecule has 0 aromatic heterocycles. The molecule has 0 spiro atoms. The van der Waals surface area contributed by atoms with E-state index in [4.69, 9.17) is 5.11 Å². The molecule has 0 saturated carbocycles. The van der Waals surface area contributed by atoms with Gasteiger partial charge < -0.3 is 10.4 Å². The molecular formula is C14H19NO3. The molecule has 1 rings (SSSR count). The summed E-state index contributed by atoms with van der Waals surface area (Å²) >= 11 is 0. The average molecular weight is 249 g/mol. The van der Waals surface area contributed by atoms with E-state index in [1.165, 1.54) is 0 Å². The number of aryl methyl sites for hydroxylation is 2. The molecule has 0 radical (unpaired) electrons. The van der Waals surface area contributed by atoms with Crippen LogP contribution in [0.3, 0.4) is 0 Å². The fourth-order valence-electron chi connectivity index (χ4n) is 1.90. The molecule has 0 bridgehead atoms. The number of carbonyl (C=O) groups excluding carboxylic acids is 1. The highest BCUT2D eigenvalue weighted by Gasteiger charge is 2.13. The van der Waals surface area contributed by atoms with Gasteiger partial charge in [-0.3, -0.25) is 9.59 Å². The molecule has 2 N–H and O–H groups in total. The first-order valence-electron chi connectivity index (χ1n) is 5.98. The number of aliphatic carboxylic acids is 1. The van der Waals surface area contributed by atoms with Crippen molar-refractivity contribution in [3.63, 3.8) is 0 Å². The third kappa shape index (κ3) is 3.87. The number of carboxylic acid groups (broad SMARTS) is 1. The van der Waals surface area contributed by atoms with Gasteiger partial charge in [0, 0.05) is 18.5 Å². The standard InChI is InChI=1S/C14H19NO3/c1-9(7-12(16)17)8-15-14(18)13-10(2)5-4-6-11(13)3/h4-6,9H,7-8H2,1-3H3,(H,15,18)(H,16,17)/t9-/m1/s1. The maximum Gasteiger partial charge on any atom is 0.303 e. The molecule has 0 aliphatic rings. The minimum Gasteiger partial charge on any atom is -0.481 e. The molecule has 0 saturated heterocycles. The maximum absolute atomic E-state index is 12.0. The highest BCUT2D eigenvalue weighted by atomic mass is 16.4. The molecule has 98 valence electrons. The molecule has 18 heavy (non-hydrogen) atoms. The van der Waals surface area contributed by atoms with Crippen molar-refractivity contribution in [3.05, 3.63) is 34.9 Å². The molecule has 1 aromatic rings. The van der Waals surface area contributed by atoms with Gasteiger partial charge >= 0.3 is 5.97 Å². The first kappa shape index (κ1) is 14.2. The van der Waals surface area contributed by atoms with Gasteiger partial charge in [-0.1, -0.05) is 25.1 Å². The molecule has 0 unspecified atom stereocenters. The highest BCUT2D eigenvalue weighted by Crippen LogP contribution is 2.13. The average Bonchev–Trinajstić information content (AvgIpc) is 2.25. The lowest BCUT2D eigenvalue weighted by Gasteiger charge is -2.13. The minimum atomic E-state index is -0.844. The summed E-state index contributed by atoms with van der Waals surface area (Å²) in [7, 11) is 0. The SMILES string of the molecule is Cc1cccc(C)c1C(=O)NC[C@H](C)CC(=O)O. The zero-order valence-corrected chi connectivity index (χ0v) is 11.0. The second kappa shape index (κ2) is 6.19. The molecule has 0 aliphatic carbocycles. The summed E-state index contributed by atoms with van der Waals surface area (Å²) in [4.78, 5) is 22.5. The van der Waals surface area contributed by atoms with Crippen LogP contribution in [-0.4, -0.2) is 23.5 Å². The van der Waals surface area contributed by atoms with Crippen LogP contribution in [0.4, 0.5) is 0 Å². The molecular weight excluding hydrogens is 230 g/mol. The van der Waals surface area contributed by atoms with E-state index in [9.17, 15) is 9.59 Å². The van der Waals surface area contributed by atoms with Crippen molar-refractivity contribution < 1.29 is 14.7 Å². The second-order valence-electron chi connectivity index (χ2n) is 4.68. The second-order valence-corrected chi connectivity index (χ2v) is 4.68. The van der Waals surface area contributed by atoms with Crippen LogP contribution in [0.2, 0.25) is 0 Å². The number of hydrogen-bond acceptors (Lipinski definition) is 2. The smallest absolute Gasteiger partial charge is 0.303 e. The Kier molecular flexibility index (Phi) is 4.89. The van der Waals surface area contributed by atoms with Gasteiger partial charge in [0.25, 0.3) is 5.91 Å². The quantitative estimate of drug-likeness (QED) is 0.840. The predicted octanol–water partition coefficient (Wildman–Crippen LogP) is 2.14. The van der Waals surface area contributed by atoms with Gasteiger partial charge in [-0.05, 0) is 30.9 Å². The van der Waals surface area contributed by atoms with E-state index in [1.54, 1.807) is 6.92 Å². The van der Waals surface area contributed by atoms with Crippen LogP contribution in [0.15, 0.2) is 18.2 Å². The summed E-state index contributed by atoms with van der Waals surface area (Å²) in [6.45, 7) is 5.96. The van der Waals surface area contributed by atoms with E-state index >= 15 is 0 Å². The highest BCUT2D eigenvalue weighted by molar-refractivity contribution is 5.97. The summed E-state index contributed by atoms with van der Waals surface area (Å²) in [6.07, 6.45) is 0.0625. The number of rotatable bonds is 5. The van der Waals surface area contributed by atoms with Crippen molar-refractivity contribution in [2.75, 3.05) is 6.54 Å². The Morgan fingerprint density at radius 3 is 2.33 bits per heavy atom. The zero-order chi connectivity index (χ0) is 13.7. The maximum atomic E-state index is 12.0. The Bertz CT molecular complexity index is 434. The van der Waals surface area contributed by atoms with Gasteiger partial charge in [0.2, 0.25) is 0 Å². The molecule has 0 heterocycles. The molecule has 1 atom stereocenters. The summed E-state index contributed by atoms with van der Waals surface area (Å²) in [5.41, 5.74) is 2.54. The third-order valence-electron chi connectivity index (χ3n) is 2.84. The van der Waals surface area contributed by atoms with Gasteiger partial charge in [0.05, 0.1) is 0 Å². The summed E-state index contributed by atoms with van der Waals surface area (Å²) in [5, 5.41) is 11.4. The van der Waals surface area contributed by atoms with Crippen LogP contribution in [-0.2, 0) is 4.79 Å². The first-order valence-corrected chi connectivity index (χ1v) is 5.98. The third-order valence-corrected chi connectivity index (χ3v) is 2.84. The Morgan fingerprint density at radius 2 is 1.83 bits per heavy atom. The van der Waals surface area contributed by atoms with E-state index in [1.807, 2.05) is 32.0 Å². The lowest BCUT2D eigenvalue weighted by molar-refractivity contribution is -0.137. The van der Waals surface area contributed by atoms with Gasteiger partial charge in [0.15, 0.2) is 0 Å². The normalized spacial score (nSPS) is 11.9. The van der Waals surface area contributed by atoms with Crippen molar-refractivity contribution in [2.45, 2.75) is 27.2 Å². The van der Waals surface area contributed by atoms with Crippen LogP contribution in [0, 0.1) is 19.8 Å². The zero-order valence-electron chi connectivity index (χ0n) is 11.0. The fraction of sp³-hybridized carbons (Fsp3) is 0.429. The Morgan fingerprint density at radius 1 is 1.28 bits per heavy atom. The van der Waals surface area contributed by atoms with Gasteiger partial charge in [-0.25, -0.2) is 0 Å². The number of carboxylic acids is 1. The lowest BCUT2D eigenvalue weighted by atomic mass is 10.0. The molecule has 4 heteroatoms. The van der Waals surface area contributed by atoms with E-state index in [2.05, 4.69) is 5.32 Å².